The van der Waals surface area contributed by atoms with Crippen molar-refractivity contribution in [3.63, 3.8) is 0 Å². The number of hydrogen-bond donors (Lipinski definition) is 4. The van der Waals surface area contributed by atoms with E-state index in [2.05, 4.69) is 0 Å². The van der Waals surface area contributed by atoms with Crippen LogP contribution in [0, 0.1) is 0 Å². The van der Waals surface area contributed by atoms with Crippen LogP contribution in [0.1, 0.15) is 55.5 Å². The number of carbonyl (C=O) groups is 4. The quantitative estimate of drug-likeness (QED) is 0.220. The lowest BCUT2D eigenvalue weighted by Gasteiger charge is -2.37. The smallest absolute Gasteiger partial charge is 0.431 e. The largest absolute Gasteiger partial charge is 0.507 e. The zero-order chi connectivity index (χ0) is 25.8. The molecule has 0 radical (unpaired) electrons. The van der Waals surface area contributed by atoms with Crippen molar-refractivity contribution in [1.82, 2.24) is 4.42 Å². The van der Waals surface area contributed by atoms with Gasteiger partial charge in [-0.2, -0.15) is 4.42 Å². The van der Waals surface area contributed by atoms with Gasteiger partial charge < -0.3 is 25.2 Å². The molecule has 0 bridgehead atoms. The van der Waals surface area contributed by atoms with Crippen molar-refractivity contribution in [2.75, 3.05) is 6.61 Å². The predicted octanol–water partition coefficient (Wildman–Crippen LogP) is 2.51. The molecular formula is C22H16Cl3NO9. The van der Waals surface area contributed by atoms with Gasteiger partial charge in [-0.05, 0) is 0 Å². The SMILES string of the molecule is O=C1c2ccccc2C(=O)c2c(O)c3c(c(O)c21)C[C@](O)(COC(=O)N(Cl)C(=O)C(Cl)Cl)C[C@@H]3O. The fraction of sp³-hybridized carbons (Fsp3) is 0.273. The number of phenolic OH excluding ortho intramolecular Hbond substituents is 2. The molecule has 184 valence electrons. The molecule has 4 rings (SSSR count). The van der Waals surface area contributed by atoms with Crippen molar-refractivity contribution >= 4 is 58.5 Å². The number of alkyl halides is 2. The molecule has 0 saturated carbocycles. The molecule has 2 atom stereocenters. The van der Waals surface area contributed by atoms with E-state index in [-0.39, 0.29) is 26.7 Å². The van der Waals surface area contributed by atoms with Crippen LogP contribution in [0.3, 0.4) is 0 Å². The zero-order valence-corrected chi connectivity index (χ0v) is 19.8. The first-order chi connectivity index (χ1) is 16.4. The van der Waals surface area contributed by atoms with E-state index >= 15 is 0 Å². The van der Waals surface area contributed by atoms with E-state index < -0.39 is 82.2 Å². The number of aliphatic hydroxyl groups excluding tert-OH is 1. The number of aliphatic hydroxyl groups is 2. The van der Waals surface area contributed by atoms with E-state index in [9.17, 15) is 39.6 Å². The van der Waals surface area contributed by atoms with Gasteiger partial charge >= 0.3 is 6.09 Å². The van der Waals surface area contributed by atoms with E-state index in [0.29, 0.717) is 0 Å². The summed E-state index contributed by atoms with van der Waals surface area (Å²) in [4.78, 5) is 48.0. The minimum absolute atomic E-state index is 0.0176. The van der Waals surface area contributed by atoms with Crippen molar-refractivity contribution in [1.29, 1.82) is 0 Å². The van der Waals surface area contributed by atoms with Gasteiger partial charge in [-0.3, -0.25) is 14.4 Å². The highest BCUT2D eigenvalue weighted by molar-refractivity contribution is 6.55. The number of hydrogen-bond acceptors (Lipinski definition) is 9. The number of nitrogens with zero attached hydrogens (tertiary/aromatic N) is 1. The van der Waals surface area contributed by atoms with E-state index in [1.807, 2.05) is 0 Å². The molecule has 2 amide bonds. The summed E-state index contributed by atoms with van der Waals surface area (Å²) in [5.41, 5.74) is -3.32. The monoisotopic (exact) mass is 543 g/mol. The van der Waals surface area contributed by atoms with Crippen molar-refractivity contribution in [2.45, 2.75) is 29.4 Å². The van der Waals surface area contributed by atoms with Crippen molar-refractivity contribution in [3.8, 4) is 11.5 Å². The number of ether oxygens (including phenoxy) is 1. The van der Waals surface area contributed by atoms with Gasteiger partial charge in [0, 0.05) is 46.9 Å². The lowest BCUT2D eigenvalue weighted by Crippen LogP contribution is -2.44. The Hall–Kier alpha value is -2.89. The van der Waals surface area contributed by atoms with Gasteiger partial charge in [0.1, 0.15) is 23.7 Å². The van der Waals surface area contributed by atoms with Crippen LogP contribution in [-0.2, 0) is 16.0 Å². The predicted molar refractivity (Wildman–Crippen MR) is 121 cm³/mol. The van der Waals surface area contributed by atoms with Crippen molar-refractivity contribution in [3.05, 3.63) is 57.6 Å². The van der Waals surface area contributed by atoms with Crippen LogP contribution in [0.15, 0.2) is 24.3 Å². The van der Waals surface area contributed by atoms with Crippen LogP contribution in [-0.4, -0.2) is 65.5 Å². The number of ketones is 2. The van der Waals surface area contributed by atoms with Gasteiger partial charge in [0.25, 0.3) is 5.91 Å². The van der Waals surface area contributed by atoms with E-state index in [0.717, 1.165) is 0 Å². The Morgan fingerprint density at radius 1 is 1.09 bits per heavy atom. The second-order valence-electron chi connectivity index (χ2n) is 8.14. The molecule has 0 aliphatic heterocycles. The summed E-state index contributed by atoms with van der Waals surface area (Å²) in [6, 6.07) is 5.86. The number of phenols is 2. The number of imide groups is 1. The van der Waals surface area contributed by atoms with Gasteiger partial charge in [0.15, 0.2) is 16.4 Å². The number of aromatic hydroxyl groups is 2. The molecule has 2 aliphatic carbocycles. The topological polar surface area (TPSA) is 162 Å². The molecule has 0 heterocycles. The van der Waals surface area contributed by atoms with Gasteiger partial charge in [-0.15, -0.1) is 0 Å². The maximum atomic E-state index is 13.1. The molecule has 13 heteroatoms. The summed E-state index contributed by atoms with van der Waals surface area (Å²) < 4.78 is 4.81. The number of carbonyl (C=O) groups excluding carboxylic acids is 4. The normalized spacial score (nSPS) is 20.7. The Labute approximate surface area is 212 Å². The lowest BCUT2D eigenvalue weighted by atomic mass is 9.73. The molecule has 0 fully saturated rings. The molecule has 0 saturated heterocycles. The van der Waals surface area contributed by atoms with Gasteiger partial charge in [0.05, 0.1) is 17.2 Å². The Morgan fingerprint density at radius 3 is 2.17 bits per heavy atom. The van der Waals surface area contributed by atoms with Crippen LogP contribution >= 0.6 is 35.0 Å². The number of benzene rings is 2. The highest BCUT2D eigenvalue weighted by atomic mass is 35.5. The van der Waals surface area contributed by atoms with E-state index in [1.165, 1.54) is 24.3 Å². The van der Waals surface area contributed by atoms with Crippen molar-refractivity contribution in [2.24, 2.45) is 0 Å². The minimum Gasteiger partial charge on any atom is -0.507 e. The highest BCUT2D eigenvalue weighted by Crippen LogP contribution is 2.50. The molecule has 2 aliphatic rings. The average Bonchev–Trinajstić information content (AvgIpc) is 2.81. The molecule has 35 heavy (non-hydrogen) atoms. The van der Waals surface area contributed by atoms with Crippen molar-refractivity contribution < 1.29 is 44.3 Å². The number of amides is 2. The number of halogens is 3. The van der Waals surface area contributed by atoms with Crippen LogP contribution in [0.5, 0.6) is 11.5 Å². The highest BCUT2D eigenvalue weighted by Gasteiger charge is 2.46. The molecule has 0 spiro atoms. The van der Waals surface area contributed by atoms with E-state index in [1.54, 1.807) is 0 Å². The fourth-order valence-electron chi connectivity index (χ4n) is 4.32. The Bertz CT molecular complexity index is 1300. The zero-order valence-electron chi connectivity index (χ0n) is 17.5. The first-order valence-electron chi connectivity index (χ1n) is 10.0. The molecule has 0 aromatic heterocycles. The standard InChI is InChI=1S/C22H16Cl3NO9/c23-19(24)20(32)26(25)21(33)35-7-22(34)5-10-12(11(27)6-22)18(31)14-13(17(10)30)15(28)8-3-1-2-4-9(8)16(14)29/h1-4,11,19,27,30-31,34H,5-7H2/t11-,22+/m0/s1. The summed E-state index contributed by atoms with van der Waals surface area (Å²) in [5, 5.41) is 43.5. The number of rotatable bonds is 3. The summed E-state index contributed by atoms with van der Waals surface area (Å²) in [6.07, 6.45) is -4.03. The second-order valence-corrected chi connectivity index (χ2v) is 9.57. The van der Waals surface area contributed by atoms with Crippen LogP contribution in [0.25, 0.3) is 0 Å². The lowest BCUT2D eigenvalue weighted by molar-refractivity contribution is -0.124. The Morgan fingerprint density at radius 2 is 1.63 bits per heavy atom. The Balaban J connectivity index is 1.70. The van der Waals surface area contributed by atoms with Gasteiger partial charge in [-0.25, -0.2) is 4.79 Å². The van der Waals surface area contributed by atoms with Gasteiger partial charge in [0.2, 0.25) is 0 Å². The molecule has 2 aromatic rings. The third kappa shape index (κ3) is 4.11. The van der Waals surface area contributed by atoms with Crippen LogP contribution in [0.4, 0.5) is 4.79 Å². The maximum Gasteiger partial charge on any atom is 0.431 e. The molecular weight excluding hydrogens is 529 g/mol. The average molecular weight is 545 g/mol. The summed E-state index contributed by atoms with van der Waals surface area (Å²) in [6.45, 7) is -0.804. The maximum absolute atomic E-state index is 13.1. The summed E-state index contributed by atoms with van der Waals surface area (Å²) in [5.74, 6) is -4.03. The van der Waals surface area contributed by atoms with E-state index in [4.69, 9.17) is 39.7 Å². The third-order valence-corrected chi connectivity index (χ3v) is 6.56. The first kappa shape index (κ1) is 25.2. The Kier molecular flexibility index (Phi) is 6.45. The van der Waals surface area contributed by atoms with Crippen LogP contribution < -0.4 is 0 Å². The third-order valence-electron chi connectivity index (χ3n) is 5.88. The minimum atomic E-state index is -2.01. The summed E-state index contributed by atoms with van der Waals surface area (Å²) in [7, 11) is 0. The molecule has 2 aromatic carbocycles. The second kappa shape index (κ2) is 8.96. The fourth-order valence-corrected chi connectivity index (χ4v) is 4.76. The molecule has 10 nitrogen and oxygen atoms in total. The van der Waals surface area contributed by atoms with Crippen LogP contribution in [0.2, 0.25) is 0 Å². The number of fused-ring (bicyclic) bond motifs is 3. The molecule has 4 N–H and O–H groups in total. The summed E-state index contributed by atoms with van der Waals surface area (Å²) >= 11 is 16.2. The molecule has 0 unspecified atom stereocenters. The first-order valence-corrected chi connectivity index (χ1v) is 11.2. The van der Waals surface area contributed by atoms with Gasteiger partial charge in [-0.1, -0.05) is 47.5 Å².